The molecular weight excluding hydrogens is 324 g/mol. The molecule has 0 radical (unpaired) electrons. The summed E-state index contributed by atoms with van der Waals surface area (Å²) in [6.07, 6.45) is 2.06. The van der Waals surface area contributed by atoms with Crippen LogP contribution in [-0.4, -0.2) is 22.6 Å². The molecule has 2 aromatic carbocycles. The number of nitrogens with zero attached hydrogens (tertiary/aromatic N) is 2. The first-order valence-corrected chi connectivity index (χ1v) is 8.65. The third-order valence-electron chi connectivity index (χ3n) is 4.66. The van der Waals surface area contributed by atoms with Crippen LogP contribution in [0.1, 0.15) is 24.4 Å². The molecule has 124 valence electrons. The lowest BCUT2D eigenvalue weighted by Gasteiger charge is -2.33. The number of piperidine rings is 1. The van der Waals surface area contributed by atoms with E-state index in [0.29, 0.717) is 5.58 Å². The lowest BCUT2D eigenvalue weighted by molar-refractivity contribution is 0.168. The summed E-state index contributed by atoms with van der Waals surface area (Å²) in [6, 6.07) is 15.8. The van der Waals surface area contributed by atoms with Crippen molar-refractivity contribution < 1.29 is 4.42 Å². The molecule has 1 fully saturated rings. The van der Waals surface area contributed by atoms with E-state index >= 15 is 0 Å². The topological polar surface area (TPSA) is 38.4 Å². The molecule has 0 spiro atoms. The minimum atomic E-state index is -0.259. The zero-order valence-electron chi connectivity index (χ0n) is 13.3. The monoisotopic (exact) mass is 342 g/mol. The molecule has 0 amide bonds. The number of oxazole rings is 1. The minimum Gasteiger partial charge on any atom is -0.408 e. The van der Waals surface area contributed by atoms with Crippen molar-refractivity contribution in [2.75, 3.05) is 13.1 Å². The molecule has 5 heteroatoms. The normalized spacial score (nSPS) is 19.0. The largest absolute Gasteiger partial charge is 0.420 e. The van der Waals surface area contributed by atoms with Crippen molar-refractivity contribution in [3.8, 4) is 0 Å². The van der Waals surface area contributed by atoms with E-state index in [0.717, 1.165) is 43.0 Å². The van der Waals surface area contributed by atoms with E-state index in [1.165, 1.54) is 5.56 Å². The summed E-state index contributed by atoms with van der Waals surface area (Å²) in [7, 11) is 0. The van der Waals surface area contributed by atoms with Crippen LogP contribution in [0.3, 0.4) is 0 Å². The molecule has 1 aliphatic rings. The number of fused-ring (bicyclic) bond motifs is 1. The van der Waals surface area contributed by atoms with Crippen molar-refractivity contribution in [3.63, 3.8) is 0 Å². The van der Waals surface area contributed by atoms with Gasteiger partial charge in [0.05, 0.1) is 11.6 Å². The van der Waals surface area contributed by atoms with E-state index < -0.39 is 0 Å². The van der Waals surface area contributed by atoms with Crippen LogP contribution in [-0.2, 0) is 6.54 Å². The van der Waals surface area contributed by atoms with Crippen LogP contribution in [0.25, 0.3) is 11.1 Å². The maximum atomic E-state index is 12.3. The van der Waals surface area contributed by atoms with E-state index in [4.69, 9.17) is 16.0 Å². The van der Waals surface area contributed by atoms with Crippen LogP contribution in [0.2, 0.25) is 5.02 Å². The summed E-state index contributed by atoms with van der Waals surface area (Å²) in [5.41, 5.74) is 2.75. The molecule has 4 nitrogen and oxygen atoms in total. The van der Waals surface area contributed by atoms with Gasteiger partial charge in [0.25, 0.3) is 0 Å². The van der Waals surface area contributed by atoms with Gasteiger partial charge in [-0.3, -0.25) is 9.47 Å². The van der Waals surface area contributed by atoms with Crippen LogP contribution in [0.15, 0.2) is 57.7 Å². The second-order valence-corrected chi connectivity index (χ2v) is 6.80. The molecule has 1 aromatic heterocycles. The van der Waals surface area contributed by atoms with Crippen molar-refractivity contribution in [1.82, 2.24) is 9.47 Å². The highest BCUT2D eigenvalue weighted by Gasteiger charge is 2.25. The van der Waals surface area contributed by atoms with Gasteiger partial charge in [-0.2, -0.15) is 0 Å². The molecule has 0 unspecified atom stereocenters. The molecule has 0 saturated carbocycles. The summed E-state index contributed by atoms with van der Waals surface area (Å²) in [5.74, 6) is -0.259. The van der Waals surface area contributed by atoms with Crippen molar-refractivity contribution in [2.45, 2.75) is 25.4 Å². The molecule has 0 aliphatic carbocycles. The highest BCUT2D eigenvalue weighted by Crippen LogP contribution is 2.26. The summed E-state index contributed by atoms with van der Waals surface area (Å²) in [5, 5.41) is 0.762. The van der Waals surface area contributed by atoms with E-state index in [-0.39, 0.29) is 11.8 Å². The van der Waals surface area contributed by atoms with Gasteiger partial charge in [-0.15, -0.1) is 0 Å². The Morgan fingerprint density at radius 2 is 2.04 bits per heavy atom. The Kier molecular flexibility index (Phi) is 4.17. The number of rotatable bonds is 3. The second-order valence-electron chi connectivity index (χ2n) is 6.37. The molecule has 1 atom stereocenters. The molecule has 0 N–H and O–H groups in total. The summed E-state index contributed by atoms with van der Waals surface area (Å²) < 4.78 is 7.21. The van der Waals surface area contributed by atoms with Gasteiger partial charge in [-0.05, 0) is 49.2 Å². The number of hydrogen-bond acceptors (Lipinski definition) is 3. The molecule has 1 aliphatic heterocycles. The van der Waals surface area contributed by atoms with Crippen molar-refractivity contribution in [3.05, 3.63) is 69.7 Å². The van der Waals surface area contributed by atoms with Gasteiger partial charge in [-0.25, -0.2) is 4.79 Å². The fourth-order valence-corrected chi connectivity index (χ4v) is 3.82. The second kappa shape index (κ2) is 6.46. The van der Waals surface area contributed by atoms with Gasteiger partial charge in [0.2, 0.25) is 0 Å². The smallest absolute Gasteiger partial charge is 0.408 e. The van der Waals surface area contributed by atoms with Gasteiger partial charge in [0.15, 0.2) is 5.58 Å². The van der Waals surface area contributed by atoms with Crippen molar-refractivity contribution in [2.24, 2.45) is 0 Å². The number of aromatic nitrogens is 1. The first-order valence-electron chi connectivity index (χ1n) is 8.27. The predicted molar refractivity (Wildman–Crippen MR) is 95.5 cm³/mol. The highest BCUT2D eigenvalue weighted by atomic mass is 35.5. The summed E-state index contributed by atoms with van der Waals surface area (Å²) in [4.78, 5) is 14.7. The number of likely N-dealkylation sites (tertiary alicyclic amines) is 1. The first kappa shape index (κ1) is 15.5. The number of hydrogen-bond donors (Lipinski definition) is 0. The third kappa shape index (κ3) is 2.99. The molecule has 24 heavy (non-hydrogen) atoms. The zero-order chi connectivity index (χ0) is 16.5. The lowest BCUT2D eigenvalue weighted by Crippen LogP contribution is -2.38. The van der Waals surface area contributed by atoms with Gasteiger partial charge < -0.3 is 4.42 Å². The number of halogens is 1. The SMILES string of the molecule is O=c1oc2ccccc2n1[C@H]1CCCN(Cc2cccc(Cl)c2)C1. The fourth-order valence-electron chi connectivity index (χ4n) is 3.61. The van der Waals surface area contributed by atoms with Gasteiger partial charge >= 0.3 is 5.76 Å². The Morgan fingerprint density at radius 3 is 2.92 bits per heavy atom. The maximum absolute atomic E-state index is 12.3. The van der Waals surface area contributed by atoms with Crippen LogP contribution in [0.5, 0.6) is 0 Å². The first-order chi connectivity index (χ1) is 11.7. The predicted octanol–water partition coefficient (Wildman–Crippen LogP) is 4.09. The van der Waals surface area contributed by atoms with Gasteiger partial charge in [0.1, 0.15) is 0 Å². The Labute approximate surface area is 145 Å². The van der Waals surface area contributed by atoms with Crippen LogP contribution in [0.4, 0.5) is 0 Å². The average Bonchev–Trinajstić information content (AvgIpc) is 2.91. The van der Waals surface area contributed by atoms with E-state index in [1.54, 1.807) is 0 Å². The molecule has 4 rings (SSSR count). The molecule has 3 aromatic rings. The van der Waals surface area contributed by atoms with Gasteiger partial charge in [-0.1, -0.05) is 35.9 Å². The molecule has 2 heterocycles. The summed E-state index contributed by atoms with van der Waals surface area (Å²) >= 11 is 6.08. The fraction of sp³-hybridized carbons (Fsp3) is 0.316. The molecule has 0 bridgehead atoms. The van der Waals surface area contributed by atoms with Gasteiger partial charge in [0, 0.05) is 18.1 Å². The summed E-state index contributed by atoms with van der Waals surface area (Å²) in [6.45, 7) is 2.73. The average molecular weight is 343 g/mol. The third-order valence-corrected chi connectivity index (χ3v) is 4.89. The molecular formula is C19H19ClN2O2. The standard InChI is InChI=1S/C19H19ClN2O2/c20-15-6-3-5-14(11-15)12-21-10-4-7-16(13-21)22-17-8-1-2-9-18(17)24-19(22)23/h1-3,5-6,8-9,11,16H,4,7,10,12-13H2/t16-/m0/s1. The Hall–Kier alpha value is -2.04. The van der Waals surface area contributed by atoms with E-state index in [9.17, 15) is 4.79 Å². The number of para-hydroxylation sites is 2. The minimum absolute atomic E-state index is 0.147. The van der Waals surface area contributed by atoms with Crippen LogP contribution in [0, 0.1) is 0 Å². The van der Waals surface area contributed by atoms with Crippen molar-refractivity contribution in [1.29, 1.82) is 0 Å². The Bertz CT molecular complexity index is 915. The zero-order valence-corrected chi connectivity index (χ0v) is 14.1. The Morgan fingerprint density at radius 1 is 1.17 bits per heavy atom. The Balaban J connectivity index is 1.58. The van der Waals surface area contributed by atoms with Crippen LogP contribution >= 0.6 is 11.6 Å². The van der Waals surface area contributed by atoms with E-state index in [2.05, 4.69) is 11.0 Å². The lowest BCUT2D eigenvalue weighted by atomic mass is 10.0. The van der Waals surface area contributed by atoms with Crippen LogP contribution < -0.4 is 5.76 Å². The van der Waals surface area contributed by atoms with E-state index in [1.807, 2.05) is 47.0 Å². The quantitative estimate of drug-likeness (QED) is 0.719. The number of benzene rings is 2. The van der Waals surface area contributed by atoms with Crippen molar-refractivity contribution >= 4 is 22.7 Å². The molecule has 1 saturated heterocycles. The maximum Gasteiger partial charge on any atom is 0.420 e. The highest BCUT2D eigenvalue weighted by molar-refractivity contribution is 6.30.